The largest absolute Gasteiger partial charge is 0.460 e. The van der Waals surface area contributed by atoms with E-state index in [0.717, 1.165) is 6.26 Å². The van der Waals surface area contributed by atoms with Crippen LogP contribution < -0.4 is 5.32 Å². The normalized spacial score (nSPS) is 14.6. The van der Waals surface area contributed by atoms with Gasteiger partial charge in [0.15, 0.2) is 0 Å². The molecule has 0 aliphatic rings. The Labute approximate surface area is 204 Å². The number of ether oxygens (including phenoxy) is 3. The Bertz CT molecular complexity index is 787. The molecule has 0 aromatic carbocycles. The topological polar surface area (TPSA) is 134 Å². The molecule has 34 heavy (non-hydrogen) atoms. The first-order chi connectivity index (χ1) is 15.1. The molecular weight excluding hydrogens is 466 g/mol. The molecule has 200 valence electrons. The summed E-state index contributed by atoms with van der Waals surface area (Å²) < 4.78 is 43.3. The molecule has 0 aromatic rings. The molecule has 0 fully saturated rings. The number of esters is 2. The molecule has 10 nitrogen and oxygen atoms in total. The maximum atomic E-state index is 12.9. The number of alkyl carbamates (subject to hydrolysis) is 1. The van der Waals surface area contributed by atoms with Gasteiger partial charge < -0.3 is 19.5 Å². The highest BCUT2D eigenvalue weighted by molar-refractivity contribution is 7.85. The summed E-state index contributed by atoms with van der Waals surface area (Å²) in [5.74, 6) is -2.13. The molecule has 0 spiro atoms. The van der Waals surface area contributed by atoms with Crippen LogP contribution in [0.3, 0.4) is 0 Å². The molecule has 0 heterocycles. The zero-order valence-corrected chi connectivity index (χ0v) is 23.1. The average Bonchev–Trinajstić information content (AvgIpc) is 2.57. The average molecular weight is 510 g/mol. The summed E-state index contributed by atoms with van der Waals surface area (Å²) in [6, 6.07) is -1.18. The maximum absolute atomic E-state index is 12.9. The van der Waals surface area contributed by atoms with Gasteiger partial charge in [-0.1, -0.05) is 20.8 Å². The minimum absolute atomic E-state index is 0.118. The number of hydrogen-bond donors (Lipinski definition) is 1. The highest BCUT2D eigenvalue weighted by Crippen LogP contribution is 2.22. The van der Waals surface area contributed by atoms with Gasteiger partial charge in [-0.25, -0.2) is 9.59 Å². The van der Waals surface area contributed by atoms with Crippen molar-refractivity contribution in [2.45, 2.75) is 98.8 Å². The van der Waals surface area contributed by atoms with Crippen LogP contribution in [0.1, 0.15) is 81.6 Å². The van der Waals surface area contributed by atoms with Gasteiger partial charge in [0.05, 0.1) is 25.4 Å². The minimum Gasteiger partial charge on any atom is -0.460 e. The second kappa shape index (κ2) is 12.7. The molecule has 0 rings (SSSR count). The van der Waals surface area contributed by atoms with Crippen molar-refractivity contribution in [2.75, 3.05) is 19.5 Å². The van der Waals surface area contributed by atoms with Crippen LogP contribution in [0.15, 0.2) is 0 Å². The second-order valence-corrected chi connectivity index (χ2v) is 13.1. The molecule has 11 heteroatoms. The summed E-state index contributed by atoms with van der Waals surface area (Å²) in [7, 11) is -3.63. The predicted octanol–water partition coefficient (Wildman–Crippen LogP) is 3.57. The summed E-state index contributed by atoms with van der Waals surface area (Å²) in [5.41, 5.74) is -1.88. The van der Waals surface area contributed by atoms with Crippen LogP contribution in [-0.2, 0) is 38.1 Å². The van der Waals surface area contributed by atoms with Gasteiger partial charge in [-0.05, 0) is 66.2 Å². The van der Waals surface area contributed by atoms with E-state index in [4.69, 9.17) is 18.4 Å². The van der Waals surface area contributed by atoms with Crippen LogP contribution in [0.25, 0.3) is 0 Å². The molecular formula is C23H43NO9S. The molecule has 0 aliphatic heterocycles. The van der Waals surface area contributed by atoms with Crippen molar-refractivity contribution in [3.05, 3.63) is 0 Å². The van der Waals surface area contributed by atoms with E-state index in [1.165, 1.54) is 0 Å². The number of carbonyl (C=O) groups is 3. The Morgan fingerprint density at radius 3 is 1.79 bits per heavy atom. The van der Waals surface area contributed by atoms with E-state index in [2.05, 4.69) is 5.32 Å². The fraction of sp³-hybridized carbons (Fsp3) is 0.870. The van der Waals surface area contributed by atoms with Gasteiger partial charge in [0.25, 0.3) is 10.1 Å². The van der Waals surface area contributed by atoms with Crippen molar-refractivity contribution in [3.8, 4) is 0 Å². The number of carbonyl (C=O) groups excluding carboxylic acids is 3. The summed E-state index contributed by atoms with van der Waals surface area (Å²) >= 11 is 0. The molecule has 0 saturated heterocycles. The minimum atomic E-state index is -3.63. The third kappa shape index (κ3) is 17.6. The molecule has 0 aliphatic carbocycles. The van der Waals surface area contributed by atoms with Gasteiger partial charge in [-0.15, -0.1) is 0 Å². The van der Waals surface area contributed by atoms with Gasteiger partial charge in [0.1, 0.15) is 17.2 Å². The van der Waals surface area contributed by atoms with Crippen molar-refractivity contribution in [1.29, 1.82) is 0 Å². The van der Waals surface area contributed by atoms with E-state index in [-0.39, 0.29) is 37.9 Å². The van der Waals surface area contributed by atoms with Crippen LogP contribution in [-0.4, -0.2) is 63.2 Å². The Morgan fingerprint density at radius 1 is 0.853 bits per heavy atom. The second-order valence-electron chi connectivity index (χ2n) is 11.5. The summed E-state index contributed by atoms with van der Waals surface area (Å²) in [4.78, 5) is 38.1. The number of hydrogen-bond acceptors (Lipinski definition) is 9. The van der Waals surface area contributed by atoms with E-state index in [0.29, 0.717) is 0 Å². The Hall–Kier alpha value is -1.88. The number of nitrogens with one attached hydrogen (secondary N) is 1. The van der Waals surface area contributed by atoms with E-state index in [1.807, 2.05) is 20.8 Å². The third-order valence-electron chi connectivity index (χ3n) is 3.87. The highest BCUT2D eigenvalue weighted by atomic mass is 32.2. The zero-order valence-electron chi connectivity index (χ0n) is 22.3. The fourth-order valence-electron chi connectivity index (χ4n) is 2.59. The first kappa shape index (κ1) is 32.1. The lowest BCUT2D eigenvalue weighted by atomic mass is 9.94. The quantitative estimate of drug-likeness (QED) is 0.192. The maximum Gasteiger partial charge on any atom is 0.407 e. The number of amides is 1. The molecule has 0 unspecified atom stereocenters. The van der Waals surface area contributed by atoms with E-state index in [9.17, 15) is 22.8 Å². The van der Waals surface area contributed by atoms with Gasteiger partial charge in [-0.2, -0.15) is 8.42 Å². The molecule has 2 atom stereocenters. The summed E-state index contributed by atoms with van der Waals surface area (Å²) in [6.07, 6.45) is 0.390. The fourth-order valence-corrected chi connectivity index (χ4v) is 3.02. The standard InChI is InChI=1S/C23H43NO9S/c1-21(2,3)15-30-20(27)24-17(19(26)33-23(7,8)9)14-16(18(25)32-22(4,5)6)12-11-13-31-34(10,28)29/h16-17H,11-15H2,1-10H3,(H,24,27)/t16-,17-/m0/s1. The first-order valence-electron chi connectivity index (χ1n) is 11.3. The van der Waals surface area contributed by atoms with Gasteiger partial charge in [0.2, 0.25) is 0 Å². The molecule has 0 aromatic heterocycles. The monoisotopic (exact) mass is 509 g/mol. The lowest BCUT2D eigenvalue weighted by molar-refractivity contribution is -0.162. The molecule has 0 saturated carbocycles. The van der Waals surface area contributed by atoms with Crippen LogP contribution in [0, 0.1) is 11.3 Å². The highest BCUT2D eigenvalue weighted by Gasteiger charge is 2.34. The zero-order chi connectivity index (χ0) is 27.0. The van der Waals surface area contributed by atoms with Gasteiger partial charge >= 0.3 is 18.0 Å². The summed E-state index contributed by atoms with van der Waals surface area (Å²) in [5, 5.41) is 2.50. The lowest BCUT2D eigenvalue weighted by Crippen LogP contribution is -2.47. The van der Waals surface area contributed by atoms with Crippen molar-refractivity contribution in [1.82, 2.24) is 5.32 Å². The van der Waals surface area contributed by atoms with Crippen LogP contribution in [0.2, 0.25) is 0 Å². The third-order valence-corrected chi connectivity index (χ3v) is 4.47. The Morgan fingerprint density at radius 2 is 1.35 bits per heavy atom. The van der Waals surface area contributed by atoms with Crippen LogP contribution in [0.5, 0.6) is 0 Å². The van der Waals surface area contributed by atoms with Crippen molar-refractivity contribution in [3.63, 3.8) is 0 Å². The Balaban J connectivity index is 5.62. The molecule has 1 N–H and O–H groups in total. The van der Waals surface area contributed by atoms with Gasteiger partial charge in [0, 0.05) is 0 Å². The summed E-state index contributed by atoms with van der Waals surface area (Å²) in [6.45, 7) is 15.9. The van der Waals surface area contributed by atoms with E-state index >= 15 is 0 Å². The lowest BCUT2D eigenvalue weighted by Gasteiger charge is -2.28. The van der Waals surface area contributed by atoms with Crippen molar-refractivity contribution >= 4 is 28.1 Å². The molecule has 1 amide bonds. The van der Waals surface area contributed by atoms with Gasteiger partial charge in [-0.3, -0.25) is 8.98 Å². The van der Waals surface area contributed by atoms with Crippen LogP contribution in [0.4, 0.5) is 4.79 Å². The van der Waals surface area contributed by atoms with Crippen molar-refractivity contribution in [2.24, 2.45) is 11.3 Å². The molecule has 0 bridgehead atoms. The smallest absolute Gasteiger partial charge is 0.407 e. The van der Waals surface area contributed by atoms with E-state index in [1.54, 1.807) is 41.5 Å². The van der Waals surface area contributed by atoms with Crippen LogP contribution >= 0.6 is 0 Å². The first-order valence-corrected chi connectivity index (χ1v) is 13.1. The Kier molecular flexibility index (Phi) is 12.0. The number of rotatable bonds is 11. The predicted molar refractivity (Wildman–Crippen MR) is 128 cm³/mol. The van der Waals surface area contributed by atoms with Crippen molar-refractivity contribution < 1.29 is 41.2 Å². The molecule has 0 radical (unpaired) electrons. The SMILES string of the molecule is CC(C)(C)COC(=O)N[C@@H](C[C@H](CCCOS(C)(=O)=O)C(=O)OC(C)(C)C)C(=O)OC(C)(C)C. The van der Waals surface area contributed by atoms with E-state index < -0.39 is 51.3 Å².